The number of pyridine rings is 1. The molecule has 1 aromatic carbocycles. The van der Waals surface area contributed by atoms with Gasteiger partial charge in [0.15, 0.2) is 0 Å². The molecule has 1 unspecified atom stereocenters. The lowest BCUT2D eigenvalue weighted by molar-refractivity contribution is 0.312. The second kappa shape index (κ2) is 7.37. The number of nitrogens with one attached hydrogen (secondary N) is 1. The van der Waals surface area contributed by atoms with Crippen LogP contribution in [-0.4, -0.2) is 11.5 Å². The van der Waals surface area contributed by atoms with Crippen molar-refractivity contribution in [2.75, 3.05) is 6.54 Å². The monoisotopic (exact) mass is 282 g/mol. The fraction of sp³-hybridized carbons (Fsp3) is 0.421. The molecule has 2 rings (SSSR count). The van der Waals surface area contributed by atoms with Crippen molar-refractivity contribution in [3.8, 4) is 0 Å². The summed E-state index contributed by atoms with van der Waals surface area (Å²) in [6.07, 6.45) is 5.91. The first-order chi connectivity index (χ1) is 10.0. The van der Waals surface area contributed by atoms with Gasteiger partial charge in [-0.25, -0.2) is 0 Å². The van der Waals surface area contributed by atoms with E-state index in [2.05, 4.69) is 67.5 Å². The summed E-state index contributed by atoms with van der Waals surface area (Å²) in [5.74, 6) is 0. The Labute approximate surface area is 128 Å². The lowest BCUT2D eigenvalue weighted by Crippen LogP contribution is -2.27. The topological polar surface area (TPSA) is 24.9 Å². The maximum Gasteiger partial charge on any atom is 0.0325 e. The summed E-state index contributed by atoms with van der Waals surface area (Å²) < 4.78 is 0. The van der Waals surface area contributed by atoms with E-state index in [-0.39, 0.29) is 0 Å². The highest BCUT2D eigenvalue weighted by Crippen LogP contribution is 2.29. The molecule has 0 spiro atoms. The first-order valence-electron chi connectivity index (χ1n) is 7.72. The standard InChI is InChI=1S/C19H26N2/c1-19(2,3)14-18(17-9-5-4-6-10-17)21-13-11-16-8-7-12-20-15-16/h4-10,12,15,18,21H,11,13-14H2,1-3H3. The molecule has 0 aliphatic rings. The molecule has 2 aromatic rings. The van der Waals surface area contributed by atoms with E-state index in [0.29, 0.717) is 11.5 Å². The van der Waals surface area contributed by atoms with E-state index in [1.165, 1.54) is 11.1 Å². The second-order valence-electron chi connectivity index (χ2n) is 6.79. The third kappa shape index (κ3) is 5.68. The van der Waals surface area contributed by atoms with E-state index < -0.39 is 0 Å². The van der Waals surface area contributed by atoms with Gasteiger partial charge in [0, 0.05) is 18.4 Å². The average Bonchev–Trinajstić information content (AvgIpc) is 2.47. The number of nitrogens with zero attached hydrogens (tertiary/aromatic N) is 1. The summed E-state index contributed by atoms with van der Waals surface area (Å²) in [6, 6.07) is 15.3. The van der Waals surface area contributed by atoms with E-state index in [0.717, 1.165) is 19.4 Å². The van der Waals surface area contributed by atoms with Gasteiger partial charge in [0.05, 0.1) is 0 Å². The van der Waals surface area contributed by atoms with E-state index in [1.54, 1.807) is 0 Å². The van der Waals surface area contributed by atoms with E-state index in [9.17, 15) is 0 Å². The summed E-state index contributed by atoms with van der Waals surface area (Å²) in [6.45, 7) is 7.87. The predicted octanol–water partition coefficient (Wildman–Crippen LogP) is 4.39. The Morgan fingerprint density at radius 3 is 2.43 bits per heavy atom. The van der Waals surface area contributed by atoms with Crippen LogP contribution in [-0.2, 0) is 6.42 Å². The number of rotatable bonds is 6. The van der Waals surface area contributed by atoms with Gasteiger partial charge in [-0.1, -0.05) is 57.2 Å². The van der Waals surface area contributed by atoms with Gasteiger partial charge in [-0.05, 0) is 42.0 Å². The van der Waals surface area contributed by atoms with E-state index in [1.807, 2.05) is 18.5 Å². The minimum Gasteiger partial charge on any atom is -0.310 e. The molecular weight excluding hydrogens is 256 g/mol. The highest BCUT2D eigenvalue weighted by Gasteiger charge is 2.19. The second-order valence-corrected chi connectivity index (χ2v) is 6.79. The molecule has 1 heterocycles. The fourth-order valence-corrected chi connectivity index (χ4v) is 2.54. The van der Waals surface area contributed by atoms with Crippen LogP contribution < -0.4 is 5.32 Å². The lowest BCUT2D eigenvalue weighted by Gasteiger charge is -2.27. The van der Waals surface area contributed by atoms with Crippen molar-refractivity contribution >= 4 is 0 Å². The SMILES string of the molecule is CC(C)(C)CC(NCCc1cccnc1)c1ccccc1. The Morgan fingerprint density at radius 1 is 1.05 bits per heavy atom. The molecule has 0 amide bonds. The summed E-state index contributed by atoms with van der Waals surface area (Å²) >= 11 is 0. The molecule has 21 heavy (non-hydrogen) atoms. The maximum absolute atomic E-state index is 4.17. The summed E-state index contributed by atoms with van der Waals surface area (Å²) in [5, 5.41) is 3.71. The van der Waals surface area contributed by atoms with Crippen molar-refractivity contribution in [1.29, 1.82) is 0 Å². The van der Waals surface area contributed by atoms with Gasteiger partial charge < -0.3 is 5.32 Å². The van der Waals surface area contributed by atoms with Gasteiger partial charge in [0.2, 0.25) is 0 Å². The van der Waals surface area contributed by atoms with Crippen molar-refractivity contribution in [2.24, 2.45) is 5.41 Å². The zero-order chi connectivity index (χ0) is 15.1. The fourth-order valence-electron chi connectivity index (χ4n) is 2.54. The number of hydrogen-bond acceptors (Lipinski definition) is 2. The molecule has 0 bridgehead atoms. The quantitative estimate of drug-likeness (QED) is 0.850. The normalized spacial score (nSPS) is 13.1. The molecular formula is C19H26N2. The molecule has 0 saturated heterocycles. The van der Waals surface area contributed by atoms with Gasteiger partial charge in [-0.15, -0.1) is 0 Å². The van der Waals surface area contributed by atoms with Gasteiger partial charge in [0.25, 0.3) is 0 Å². The molecule has 0 radical (unpaired) electrons. The smallest absolute Gasteiger partial charge is 0.0325 e. The van der Waals surface area contributed by atoms with Crippen molar-refractivity contribution in [1.82, 2.24) is 10.3 Å². The van der Waals surface area contributed by atoms with Gasteiger partial charge >= 0.3 is 0 Å². The highest BCUT2D eigenvalue weighted by atomic mass is 14.9. The van der Waals surface area contributed by atoms with Crippen LogP contribution in [0.5, 0.6) is 0 Å². The zero-order valence-electron chi connectivity index (χ0n) is 13.3. The van der Waals surface area contributed by atoms with Gasteiger partial charge in [0.1, 0.15) is 0 Å². The third-order valence-corrected chi connectivity index (χ3v) is 3.55. The number of aromatic nitrogens is 1. The third-order valence-electron chi connectivity index (χ3n) is 3.55. The lowest BCUT2D eigenvalue weighted by atomic mass is 9.85. The molecule has 0 fully saturated rings. The Balaban J connectivity index is 1.96. The van der Waals surface area contributed by atoms with Crippen LogP contribution in [0.25, 0.3) is 0 Å². The van der Waals surface area contributed by atoms with E-state index >= 15 is 0 Å². The molecule has 0 saturated carbocycles. The minimum atomic E-state index is 0.307. The Bertz CT molecular complexity index is 514. The zero-order valence-corrected chi connectivity index (χ0v) is 13.3. The Kier molecular flexibility index (Phi) is 5.51. The molecule has 2 heteroatoms. The van der Waals surface area contributed by atoms with Crippen molar-refractivity contribution in [3.05, 3.63) is 66.0 Å². The summed E-state index contributed by atoms with van der Waals surface area (Å²) in [5.41, 5.74) is 2.97. The van der Waals surface area contributed by atoms with Crippen LogP contribution in [0.2, 0.25) is 0 Å². The first kappa shape index (κ1) is 15.7. The van der Waals surface area contributed by atoms with E-state index in [4.69, 9.17) is 0 Å². The van der Waals surface area contributed by atoms with Crippen molar-refractivity contribution in [2.45, 2.75) is 39.7 Å². The number of benzene rings is 1. The van der Waals surface area contributed by atoms with Crippen LogP contribution in [0.1, 0.15) is 44.4 Å². The molecule has 0 aliphatic carbocycles. The predicted molar refractivity (Wildman–Crippen MR) is 89.2 cm³/mol. The largest absolute Gasteiger partial charge is 0.310 e. The van der Waals surface area contributed by atoms with Gasteiger partial charge in [-0.3, -0.25) is 4.98 Å². The maximum atomic E-state index is 4.17. The van der Waals surface area contributed by atoms with Crippen molar-refractivity contribution in [3.63, 3.8) is 0 Å². The first-order valence-corrected chi connectivity index (χ1v) is 7.72. The Hall–Kier alpha value is -1.67. The molecule has 2 nitrogen and oxygen atoms in total. The number of hydrogen-bond donors (Lipinski definition) is 1. The molecule has 1 atom stereocenters. The molecule has 1 N–H and O–H groups in total. The van der Waals surface area contributed by atoms with Crippen LogP contribution in [0, 0.1) is 5.41 Å². The summed E-state index contributed by atoms with van der Waals surface area (Å²) in [4.78, 5) is 4.17. The van der Waals surface area contributed by atoms with Crippen LogP contribution in [0.3, 0.4) is 0 Å². The van der Waals surface area contributed by atoms with Gasteiger partial charge in [-0.2, -0.15) is 0 Å². The summed E-state index contributed by atoms with van der Waals surface area (Å²) in [7, 11) is 0. The van der Waals surface area contributed by atoms with Crippen LogP contribution in [0.15, 0.2) is 54.9 Å². The Morgan fingerprint density at radius 2 is 1.81 bits per heavy atom. The molecule has 1 aromatic heterocycles. The molecule has 112 valence electrons. The highest BCUT2D eigenvalue weighted by molar-refractivity contribution is 5.19. The van der Waals surface area contributed by atoms with Crippen molar-refractivity contribution < 1.29 is 0 Å². The molecule has 0 aliphatic heterocycles. The van der Waals surface area contributed by atoms with Crippen LogP contribution in [0.4, 0.5) is 0 Å². The average molecular weight is 282 g/mol. The minimum absolute atomic E-state index is 0.307. The van der Waals surface area contributed by atoms with Crippen LogP contribution >= 0.6 is 0 Å².